The summed E-state index contributed by atoms with van der Waals surface area (Å²) in [5.74, 6) is -3.09. The van der Waals surface area contributed by atoms with Crippen LogP contribution in [0.2, 0.25) is 0 Å². The van der Waals surface area contributed by atoms with Crippen LogP contribution < -0.4 is 5.32 Å². The number of fused-ring (bicyclic) bond motifs is 1. The van der Waals surface area contributed by atoms with Crippen LogP contribution in [0.15, 0.2) is 11.1 Å². The number of aryl methyl sites for hydroxylation is 1. The lowest BCUT2D eigenvalue weighted by Gasteiger charge is -2.29. The molecule has 27 heavy (non-hydrogen) atoms. The van der Waals surface area contributed by atoms with Gasteiger partial charge >= 0.3 is 11.9 Å². The predicted octanol–water partition coefficient (Wildman–Crippen LogP) is 3.80. The number of thiophene rings is 1. The molecule has 2 aliphatic carbocycles. The fourth-order valence-electron chi connectivity index (χ4n) is 3.94. The second-order valence-corrected chi connectivity index (χ2v) is 8.40. The summed E-state index contributed by atoms with van der Waals surface area (Å²) in [5.41, 5.74) is 3.52. The van der Waals surface area contributed by atoms with E-state index in [1.54, 1.807) is 6.92 Å². The lowest BCUT2D eigenvalue weighted by Crippen LogP contribution is -2.36. The number of esters is 1. The second-order valence-electron chi connectivity index (χ2n) is 7.29. The zero-order valence-electron chi connectivity index (χ0n) is 15.9. The van der Waals surface area contributed by atoms with Gasteiger partial charge in [0, 0.05) is 4.88 Å². The summed E-state index contributed by atoms with van der Waals surface area (Å²) in [4.78, 5) is 38.2. The van der Waals surface area contributed by atoms with E-state index in [9.17, 15) is 19.5 Å². The van der Waals surface area contributed by atoms with E-state index in [2.05, 4.69) is 5.32 Å². The van der Waals surface area contributed by atoms with E-state index in [4.69, 9.17) is 4.74 Å². The normalized spacial score (nSPS) is 21.7. The number of rotatable bonds is 5. The van der Waals surface area contributed by atoms with Crippen LogP contribution in [0.4, 0.5) is 5.00 Å². The molecule has 0 saturated carbocycles. The maximum absolute atomic E-state index is 13.0. The number of amides is 1. The zero-order chi connectivity index (χ0) is 19.7. The van der Waals surface area contributed by atoms with Gasteiger partial charge < -0.3 is 15.2 Å². The Labute approximate surface area is 162 Å². The van der Waals surface area contributed by atoms with Crippen LogP contribution >= 0.6 is 11.3 Å². The average molecular weight is 391 g/mol. The molecule has 2 N–H and O–H groups in total. The Morgan fingerprint density at radius 2 is 1.81 bits per heavy atom. The molecular formula is C20H25NO5S. The van der Waals surface area contributed by atoms with Crippen LogP contribution in [0.1, 0.15) is 60.8 Å². The third-order valence-electron chi connectivity index (χ3n) is 5.56. The monoisotopic (exact) mass is 391 g/mol. The fraction of sp³-hybridized carbons (Fsp3) is 0.550. The molecule has 1 heterocycles. The van der Waals surface area contributed by atoms with Gasteiger partial charge in [-0.3, -0.25) is 9.59 Å². The topological polar surface area (TPSA) is 92.7 Å². The summed E-state index contributed by atoms with van der Waals surface area (Å²) in [6.45, 7) is 5.88. The zero-order valence-corrected chi connectivity index (χ0v) is 16.7. The summed E-state index contributed by atoms with van der Waals surface area (Å²) >= 11 is 1.41. The van der Waals surface area contributed by atoms with Crippen molar-refractivity contribution in [3.63, 3.8) is 0 Å². The number of hydrogen-bond acceptors (Lipinski definition) is 5. The molecule has 2 aliphatic rings. The molecule has 146 valence electrons. The first kappa shape index (κ1) is 19.6. The predicted molar refractivity (Wildman–Crippen MR) is 103 cm³/mol. The minimum absolute atomic E-state index is 0.268. The number of hydrogen-bond donors (Lipinski definition) is 2. The highest BCUT2D eigenvalue weighted by molar-refractivity contribution is 7.17. The number of carbonyl (C=O) groups excluding carboxylic acids is 2. The molecule has 6 nitrogen and oxygen atoms in total. The van der Waals surface area contributed by atoms with Gasteiger partial charge in [0.2, 0.25) is 5.91 Å². The van der Waals surface area contributed by atoms with Crippen molar-refractivity contribution in [3.05, 3.63) is 27.2 Å². The second kappa shape index (κ2) is 7.84. The molecule has 0 spiro atoms. The fourth-order valence-corrected chi connectivity index (χ4v) is 5.22. The number of carboxylic acids is 1. The van der Waals surface area contributed by atoms with Crippen molar-refractivity contribution in [1.82, 2.24) is 0 Å². The third-order valence-corrected chi connectivity index (χ3v) is 6.77. The first-order valence-electron chi connectivity index (χ1n) is 9.34. The molecule has 0 bridgehead atoms. The lowest BCUT2D eigenvalue weighted by atomic mass is 9.76. The van der Waals surface area contributed by atoms with E-state index in [0.29, 0.717) is 23.4 Å². The average Bonchev–Trinajstić information content (AvgIpc) is 3.17. The van der Waals surface area contributed by atoms with E-state index >= 15 is 0 Å². The van der Waals surface area contributed by atoms with E-state index < -0.39 is 23.8 Å². The van der Waals surface area contributed by atoms with E-state index in [1.807, 2.05) is 13.8 Å². The summed E-state index contributed by atoms with van der Waals surface area (Å²) in [7, 11) is 0. The Balaban J connectivity index is 1.88. The van der Waals surface area contributed by atoms with Gasteiger partial charge in [-0.25, -0.2) is 4.79 Å². The molecule has 1 aromatic heterocycles. The van der Waals surface area contributed by atoms with Crippen molar-refractivity contribution in [1.29, 1.82) is 0 Å². The van der Waals surface area contributed by atoms with Crippen LogP contribution in [-0.2, 0) is 27.2 Å². The molecule has 1 aromatic rings. The number of nitrogens with one attached hydrogen (secondary N) is 1. The van der Waals surface area contributed by atoms with Gasteiger partial charge in [-0.05, 0) is 58.4 Å². The van der Waals surface area contributed by atoms with Crippen LogP contribution in [-0.4, -0.2) is 29.6 Å². The van der Waals surface area contributed by atoms with Crippen LogP contribution in [0.25, 0.3) is 0 Å². The minimum Gasteiger partial charge on any atom is -0.481 e. The first-order chi connectivity index (χ1) is 12.8. The van der Waals surface area contributed by atoms with Gasteiger partial charge in [0.25, 0.3) is 0 Å². The first-order valence-corrected chi connectivity index (χ1v) is 10.2. The van der Waals surface area contributed by atoms with Crippen LogP contribution in [0, 0.1) is 11.8 Å². The Bertz CT molecular complexity index is 823. The molecule has 0 aromatic carbocycles. The summed E-state index contributed by atoms with van der Waals surface area (Å²) in [6.07, 6.45) is 3.50. The Morgan fingerprint density at radius 1 is 1.15 bits per heavy atom. The highest BCUT2D eigenvalue weighted by atomic mass is 32.1. The molecule has 7 heteroatoms. The van der Waals surface area contributed by atoms with E-state index in [0.717, 1.165) is 40.8 Å². The summed E-state index contributed by atoms with van der Waals surface area (Å²) in [6, 6.07) is 0. The van der Waals surface area contributed by atoms with Gasteiger partial charge in [0.1, 0.15) is 5.00 Å². The van der Waals surface area contributed by atoms with Gasteiger partial charge in [0.15, 0.2) is 0 Å². The Morgan fingerprint density at radius 3 is 2.44 bits per heavy atom. The number of carboxylic acid groups (broad SMARTS) is 1. The maximum Gasteiger partial charge on any atom is 0.341 e. The third kappa shape index (κ3) is 3.78. The van der Waals surface area contributed by atoms with Gasteiger partial charge in [-0.2, -0.15) is 0 Å². The van der Waals surface area contributed by atoms with Crippen molar-refractivity contribution < 1.29 is 24.2 Å². The highest BCUT2D eigenvalue weighted by Gasteiger charge is 2.38. The number of ether oxygens (including phenoxy) is 1. The standard InChI is InChI=1S/C20H25NO5S/c1-4-26-20(25)16-12-6-5-7-15(12)27-18(16)21-17(22)13-8-10(2)11(3)9-14(13)19(23)24/h13-14H,4-9H2,1-3H3,(H,21,22)(H,23,24)/t13-,14+/m1/s1. The van der Waals surface area contributed by atoms with Crippen LogP contribution in [0.3, 0.4) is 0 Å². The largest absolute Gasteiger partial charge is 0.481 e. The van der Waals surface area contributed by atoms with Crippen LogP contribution in [0.5, 0.6) is 0 Å². The minimum atomic E-state index is -0.957. The van der Waals surface area contributed by atoms with E-state index in [-0.39, 0.29) is 12.5 Å². The Kier molecular flexibility index (Phi) is 5.69. The molecule has 1 amide bonds. The van der Waals surface area contributed by atoms with Crippen molar-refractivity contribution in [2.45, 2.75) is 52.9 Å². The molecule has 2 atom stereocenters. The number of aliphatic carboxylic acids is 1. The molecule has 0 radical (unpaired) electrons. The van der Waals surface area contributed by atoms with E-state index in [1.165, 1.54) is 11.3 Å². The maximum atomic E-state index is 13.0. The molecule has 0 saturated heterocycles. The molecule has 0 aliphatic heterocycles. The quantitative estimate of drug-likeness (QED) is 0.588. The van der Waals surface area contributed by atoms with Crippen molar-refractivity contribution >= 4 is 34.2 Å². The summed E-state index contributed by atoms with van der Waals surface area (Å²) in [5, 5.41) is 12.9. The summed E-state index contributed by atoms with van der Waals surface area (Å²) < 4.78 is 5.18. The molecular weight excluding hydrogens is 366 g/mol. The van der Waals surface area contributed by atoms with Crippen molar-refractivity contribution in [3.8, 4) is 0 Å². The van der Waals surface area contributed by atoms with Gasteiger partial charge in [-0.15, -0.1) is 11.3 Å². The van der Waals surface area contributed by atoms with Crippen molar-refractivity contribution in [2.75, 3.05) is 11.9 Å². The highest BCUT2D eigenvalue weighted by Crippen LogP contribution is 2.41. The molecule has 0 fully saturated rings. The lowest BCUT2D eigenvalue weighted by molar-refractivity contribution is -0.146. The smallest absolute Gasteiger partial charge is 0.341 e. The number of anilines is 1. The molecule has 3 rings (SSSR count). The Hall–Kier alpha value is -2.15. The van der Waals surface area contributed by atoms with Gasteiger partial charge in [-0.1, -0.05) is 11.1 Å². The number of allylic oxidation sites excluding steroid dienone is 2. The molecule has 0 unspecified atom stereocenters. The number of carbonyl (C=O) groups is 3. The SMILES string of the molecule is CCOC(=O)c1c(NC(=O)[C@@H]2CC(C)=C(C)C[C@@H]2C(=O)O)sc2c1CCC2. The van der Waals surface area contributed by atoms with Crippen molar-refractivity contribution in [2.24, 2.45) is 11.8 Å². The van der Waals surface area contributed by atoms with Gasteiger partial charge in [0.05, 0.1) is 24.0 Å².